The molecule has 0 saturated heterocycles. The van der Waals surface area contributed by atoms with Crippen LogP contribution in [0.15, 0.2) is 18.3 Å². The van der Waals surface area contributed by atoms with Crippen molar-refractivity contribution in [2.75, 3.05) is 0 Å². The van der Waals surface area contributed by atoms with Gasteiger partial charge in [-0.25, -0.2) is 4.98 Å². The lowest BCUT2D eigenvalue weighted by molar-refractivity contribution is 0.198. The Kier molecular flexibility index (Phi) is 5.60. The van der Waals surface area contributed by atoms with Gasteiger partial charge in [0.05, 0.1) is 6.10 Å². The van der Waals surface area contributed by atoms with Crippen molar-refractivity contribution in [1.29, 1.82) is 0 Å². The predicted molar refractivity (Wildman–Crippen MR) is 75.8 cm³/mol. The molecular weight excluding hydrogens is 224 g/mol. The highest BCUT2D eigenvalue weighted by Gasteiger charge is 2.12. The van der Waals surface area contributed by atoms with Gasteiger partial charge < -0.3 is 10.1 Å². The van der Waals surface area contributed by atoms with Gasteiger partial charge >= 0.3 is 0 Å². The standard InChI is InChI=1S/C15H26N2O/c1-6-8-12(2)18-14-13(9-7-10-16-14)11-17-15(3,4)5/h7,9-10,12,17H,6,8,11H2,1-5H3. The largest absolute Gasteiger partial charge is 0.474 e. The first-order chi connectivity index (χ1) is 8.42. The van der Waals surface area contributed by atoms with E-state index in [1.54, 1.807) is 6.20 Å². The molecule has 0 fully saturated rings. The van der Waals surface area contributed by atoms with Crippen LogP contribution in [0.1, 0.15) is 53.0 Å². The van der Waals surface area contributed by atoms with E-state index in [4.69, 9.17) is 4.74 Å². The van der Waals surface area contributed by atoms with Crippen LogP contribution < -0.4 is 10.1 Å². The van der Waals surface area contributed by atoms with E-state index in [0.29, 0.717) is 0 Å². The van der Waals surface area contributed by atoms with Gasteiger partial charge in [-0.1, -0.05) is 19.4 Å². The lowest BCUT2D eigenvalue weighted by Crippen LogP contribution is -2.35. The number of pyridine rings is 1. The number of nitrogens with one attached hydrogen (secondary N) is 1. The Morgan fingerprint density at radius 1 is 1.39 bits per heavy atom. The molecule has 0 aromatic carbocycles. The molecule has 0 aliphatic heterocycles. The Balaban J connectivity index is 2.67. The van der Waals surface area contributed by atoms with Crippen molar-refractivity contribution < 1.29 is 4.74 Å². The van der Waals surface area contributed by atoms with E-state index < -0.39 is 0 Å². The third-order valence-electron chi connectivity index (χ3n) is 2.67. The van der Waals surface area contributed by atoms with Crippen molar-refractivity contribution in [3.05, 3.63) is 23.9 Å². The molecule has 3 nitrogen and oxygen atoms in total. The highest BCUT2D eigenvalue weighted by Crippen LogP contribution is 2.18. The van der Waals surface area contributed by atoms with Gasteiger partial charge in [0.15, 0.2) is 0 Å². The van der Waals surface area contributed by atoms with Crippen LogP contribution in [0, 0.1) is 0 Å². The summed E-state index contributed by atoms with van der Waals surface area (Å²) in [6.45, 7) is 11.5. The normalized spacial score (nSPS) is 13.4. The molecule has 1 N–H and O–H groups in total. The molecule has 18 heavy (non-hydrogen) atoms. The fraction of sp³-hybridized carbons (Fsp3) is 0.667. The van der Waals surface area contributed by atoms with Crippen molar-refractivity contribution in [2.45, 2.75) is 65.6 Å². The van der Waals surface area contributed by atoms with Crippen molar-refractivity contribution in [3.63, 3.8) is 0 Å². The summed E-state index contributed by atoms with van der Waals surface area (Å²) in [6, 6.07) is 4.02. The Hall–Kier alpha value is -1.09. The first kappa shape index (κ1) is 15.0. The maximum absolute atomic E-state index is 5.90. The van der Waals surface area contributed by atoms with Crippen LogP contribution in [-0.4, -0.2) is 16.6 Å². The fourth-order valence-corrected chi connectivity index (χ4v) is 1.68. The average molecular weight is 250 g/mol. The molecule has 0 amide bonds. The van der Waals surface area contributed by atoms with Gasteiger partial charge in [0, 0.05) is 23.8 Å². The Labute approximate surface area is 111 Å². The second-order valence-electron chi connectivity index (χ2n) is 5.79. The first-order valence-corrected chi connectivity index (χ1v) is 6.78. The van der Waals surface area contributed by atoms with Crippen LogP contribution >= 0.6 is 0 Å². The lowest BCUT2D eigenvalue weighted by atomic mass is 10.1. The molecule has 1 unspecified atom stereocenters. The van der Waals surface area contributed by atoms with Crippen molar-refractivity contribution >= 4 is 0 Å². The lowest BCUT2D eigenvalue weighted by Gasteiger charge is -2.22. The van der Waals surface area contributed by atoms with E-state index in [9.17, 15) is 0 Å². The molecule has 0 saturated carbocycles. The third kappa shape index (κ3) is 5.50. The van der Waals surface area contributed by atoms with E-state index in [2.05, 4.69) is 51.0 Å². The number of rotatable bonds is 6. The maximum atomic E-state index is 5.90. The zero-order chi connectivity index (χ0) is 13.6. The van der Waals surface area contributed by atoms with E-state index in [1.807, 2.05) is 6.07 Å². The third-order valence-corrected chi connectivity index (χ3v) is 2.67. The first-order valence-electron chi connectivity index (χ1n) is 6.78. The molecule has 102 valence electrons. The molecule has 1 rings (SSSR count). The summed E-state index contributed by atoms with van der Waals surface area (Å²) < 4.78 is 5.90. The summed E-state index contributed by atoms with van der Waals surface area (Å²) in [5, 5.41) is 3.46. The van der Waals surface area contributed by atoms with Gasteiger partial charge in [0.2, 0.25) is 5.88 Å². The SMILES string of the molecule is CCCC(C)Oc1ncccc1CNC(C)(C)C. The minimum atomic E-state index is 0.0994. The monoisotopic (exact) mass is 250 g/mol. The molecule has 1 atom stereocenters. The van der Waals surface area contributed by atoms with E-state index >= 15 is 0 Å². The van der Waals surface area contributed by atoms with Crippen molar-refractivity contribution in [1.82, 2.24) is 10.3 Å². The molecule has 0 aliphatic carbocycles. The summed E-state index contributed by atoms with van der Waals surface area (Å²) in [5.41, 5.74) is 1.22. The maximum Gasteiger partial charge on any atom is 0.218 e. The quantitative estimate of drug-likeness (QED) is 0.838. The zero-order valence-electron chi connectivity index (χ0n) is 12.3. The Morgan fingerprint density at radius 3 is 2.72 bits per heavy atom. The minimum absolute atomic E-state index is 0.0994. The van der Waals surface area contributed by atoms with Gasteiger partial charge in [0.1, 0.15) is 0 Å². The van der Waals surface area contributed by atoms with Crippen LogP contribution in [0.3, 0.4) is 0 Å². The van der Waals surface area contributed by atoms with Gasteiger partial charge in [-0.2, -0.15) is 0 Å². The molecule has 0 aliphatic rings. The summed E-state index contributed by atoms with van der Waals surface area (Å²) in [4.78, 5) is 4.34. The molecular formula is C15H26N2O. The average Bonchev–Trinajstić information content (AvgIpc) is 2.27. The number of aromatic nitrogens is 1. The molecule has 0 radical (unpaired) electrons. The second-order valence-corrected chi connectivity index (χ2v) is 5.79. The van der Waals surface area contributed by atoms with Crippen LogP contribution in [-0.2, 0) is 6.54 Å². The topological polar surface area (TPSA) is 34.1 Å². The van der Waals surface area contributed by atoms with Gasteiger partial charge in [-0.05, 0) is 40.2 Å². The van der Waals surface area contributed by atoms with Crippen molar-refractivity contribution in [2.24, 2.45) is 0 Å². The molecule has 0 bridgehead atoms. The highest BCUT2D eigenvalue weighted by molar-refractivity contribution is 5.25. The smallest absolute Gasteiger partial charge is 0.218 e. The molecule has 0 spiro atoms. The second kappa shape index (κ2) is 6.74. The van der Waals surface area contributed by atoms with Crippen LogP contribution in [0.5, 0.6) is 5.88 Å². The van der Waals surface area contributed by atoms with E-state index in [0.717, 1.165) is 30.8 Å². The predicted octanol–water partition coefficient (Wildman–Crippen LogP) is 3.54. The minimum Gasteiger partial charge on any atom is -0.474 e. The van der Waals surface area contributed by atoms with Gasteiger partial charge in [-0.15, -0.1) is 0 Å². The van der Waals surface area contributed by atoms with Crippen LogP contribution in [0.25, 0.3) is 0 Å². The fourth-order valence-electron chi connectivity index (χ4n) is 1.68. The molecule has 1 heterocycles. The Morgan fingerprint density at radius 2 is 2.11 bits per heavy atom. The number of hydrogen-bond donors (Lipinski definition) is 1. The number of hydrogen-bond acceptors (Lipinski definition) is 3. The summed E-state index contributed by atoms with van der Waals surface area (Å²) >= 11 is 0. The number of nitrogens with zero attached hydrogens (tertiary/aromatic N) is 1. The van der Waals surface area contributed by atoms with E-state index in [-0.39, 0.29) is 11.6 Å². The van der Waals surface area contributed by atoms with Gasteiger partial charge in [-0.3, -0.25) is 0 Å². The zero-order valence-corrected chi connectivity index (χ0v) is 12.3. The summed E-state index contributed by atoms with van der Waals surface area (Å²) in [7, 11) is 0. The van der Waals surface area contributed by atoms with E-state index in [1.165, 1.54) is 0 Å². The van der Waals surface area contributed by atoms with Gasteiger partial charge in [0.25, 0.3) is 0 Å². The summed E-state index contributed by atoms with van der Waals surface area (Å²) in [5.74, 6) is 0.759. The Bertz CT molecular complexity index is 358. The molecule has 1 aromatic rings. The molecule has 1 aromatic heterocycles. The summed E-state index contributed by atoms with van der Waals surface area (Å²) in [6.07, 6.45) is 4.19. The van der Waals surface area contributed by atoms with Crippen LogP contribution in [0.4, 0.5) is 0 Å². The highest BCUT2D eigenvalue weighted by atomic mass is 16.5. The van der Waals surface area contributed by atoms with Crippen molar-refractivity contribution in [3.8, 4) is 5.88 Å². The molecule has 3 heteroatoms. The number of ether oxygens (including phenoxy) is 1. The van der Waals surface area contributed by atoms with Crippen LogP contribution in [0.2, 0.25) is 0 Å².